The van der Waals surface area contributed by atoms with Gasteiger partial charge in [-0.3, -0.25) is 4.79 Å². The van der Waals surface area contributed by atoms with E-state index in [2.05, 4.69) is 10.5 Å². The van der Waals surface area contributed by atoms with E-state index in [0.29, 0.717) is 12.4 Å². The highest BCUT2D eigenvalue weighted by molar-refractivity contribution is 5.85. The predicted octanol–water partition coefficient (Wildman–Crippen LogP) is 5.34. The van der Waals surface area contributed by atoms with Crippen LogP contribution < -0.4 is 14.9 Å². The molecule has 5 nitrogen and oxygen atoms in total. The van der Waals surface area contributed by atoms with Crippen molar-refractivity contribution in [3.05, 3.63) is 108 Å². The van der Waals surface area contributed by atoms with Gasteiger partial charge in [-0.2, -0.15) is 5.10 Å². The van der Waals surface area contributed by atoms with Crippen molar-refractivity contribution in [2.45, 2.75) is 19.6 Å². The summed E-state index contributed by atoms with van der Waals surface area (Å²) >= 11 is 0. The lowest BCUT2D eigenvalue weighted by atomic mass is 10.1. The first-order valence-corrected chi connectivity index (χ1v) is 10.4. The van der Waals surface area contributed by atoms with Crippen LogP contribution in [0.3, 0.4) is 0 Å². The number of hydrogen-bond donors (Lipinski definition) is 1. The summed E-state index contributed by atoms with van der Waals surface area (Å²) in [7, 11) is 0. The van der Waals surface area contributed by atoms with E-state index in [1.54, 1.807) is 13.1 Å². The second-order valence-corrected chi connectivity index (χ2v) is 7.35. The SMILES string of the molecule is C[C@@H](Oc1ccc2ccccc2c1)C(=O)N/N=C\c1cccc(OCc2ccccc2)c1. The molecule has 0 aromatic heterocycles. The van der Waals surface area contributed by atoms with E-state index in [-0.39, 0.29) is 5.91 Å². The Labute approximate surface area is 187 Å². The molecule has 160 valence electrons. The Hall–Kier alpha value is -4.12. The van der Waals surface area contributed by atoms with E-state index in [9.17, 15) is 4.79 Å². The van der Waals surface area contributed by atoms with E-state index in [0.717, 1.165) is 27.6 Å². The molecule has 4 rings (SSSR count). The van der Waals surface area contributed by atoms with Crippen LogP contribution >= 0.6 is 0 Å². The largest absolute Gasteiger partial charge is 0.489 e. The van der Waals surface area contributed by atoms with Gasteiger partial charge in [0.2, 0.25) is 0 Å². The van der Waals surface area contributed by atoms with Crippen molar-refractivity contribution in [3.63, 3.8) is 0 Å². The molecule has 0 bridgehead atoms. The van der Waals surface area contributed by atoms with Gasteiger partial charge in [0.05, 0.1) is 6.21 Å². The van der Waals surface area contributed by atoms with Gasteiger partial charge in [-0.15, -0.1) is 0 Å². The summed E-state index contributed by atoms with van der Waals surface area (Å²) in [5.41, 5.74) is 4.45. The number of hydrogen-bond acceptors (Lipinski definition) is 4. The summed E-state index contributed by atoms with van der Waals surface area (Å²) in [4.78, 5) is 12.4. The van der Waals surface area contributed by atoms with E-state index >= 15 is 0 Å². The quantitative estimate of drug-likeness (QED) is 0.307. The molecule has 0 saturated heterocycles. The summed E-state index contributed by atoms with van der Waals surface area (Å²) < 4.78 is 11.6. The molecule has 0 unspecified atom stereocenters. The number of fused-ring (bicyclic) bond motifs is 1. The Morgan fingerprint density at radius 1 is 0.875 bits per heavy atom. The second kappa shape index (κ2) is 10.3. The lowest BCUT2D eigenvalue weighted by molar-refractivity contribution is -0.127. The molecule has 1 atom stereocenters. The Morgan fingerprint density at radius 3 is 2.50 bits per heavy atom. The maximum absolute atomic E-state index is 12.4. The Bertz CT molecular complexity index is 1220. The number of rotatable bonds is 8. The summed E-state index contributed by atoms with van der Waals surface area (Å²) in [5.74, 6) is 1.04. The lowest BCUT2D eigenvalue weighted by Crippen LogP contribution is -2.33. The fourth-order valence-electron chi connectivity index (χ4n) is 3.19. The lowest BCUT2D eigenvalue weighted by Gasteiger charge is -2.13. The third-order valence-electron chi connectivity index (χ3n) is 4.90. The van der Waals surface area contributed by atoms with Crippen molar-refractivity contribution < 1.29 is 14.3 Å². The van der Waals surface area contributed by atoms with Crippen LogP contribution in [0.25, 0.3) is 10.8 Å². The fraction of sp³-hybridized carbons (Fsp3) is 0.111. The highest BCUT2D eigenvalue weighted by Gasteiger charge is 2.14. The van der Waals surface area contributed by atoms with Crippen LogP contribution in [0.5, 0.6) is 11.5 Å². The number of hydrazone groups is 1. The zero-order valence-electron chi connectivity index (χ0n) is 17.8. The standard InChI is InChI=1S/C27H24N2O3/c1-20(32-26-15-14-23-11-5-6-12-24(23)17-26)27(30)29-28-18-22-10-7-13-25(16-22)31-19-21-8-3-2-4-9-21/h2-18,20H,19H2,1H3,(H,29,30)/b28-18-/t20-/m1/s1. The van der Waals surface area contributed by atoms with Gasteiger partial charge in [0, 0.05) is 0 Å². The molecular weight excluding hydrogens is 400 g/mol. The average molecular weight is 425 g/mol. The normalized spacial score (nSPS) is 11.9. The predicted molar refractivity (Wildman–Crippen MR) is 127 cm³/mol. The Morgan fingerprint density at radius 2 is 1.66 bits per heavy atom. The van der Waals surface area contributed by atoms with Crippen molar-refractivity contribution in [3.8, 4) is 11.5 Å². The highest BCUT2D eigenvalue weighted by Crippen LogP contribution is 2.21. The van der Waals surface area contributed by atoms with E-state index < -0.39 is 6.10 Å². The van der Waals surface area contributed by atoms with Gasteiger partial charge in [-0.05, 0) is 53.1 Å². The van der Waals surface area contributed by atoms with Crippen molar-refractivity contribution in [2.24, 2.45) is 5.10 Å². The molecule has 4 aromatic rings. The third-order valence-corrected chi connectivity index (χ3v) is 4.90. The van der Waals surface area contributed by atoms with Crippen molar-refractivity contribution >= 4 is 22.9 Å². The molecule has 0 saturated carbocycles. The minimum Gasteiger partial charge on any atom is -0.489 e. The number of nitrogens with one attached hydrogen (secondary N) is 1. The highest BCUT2D eigenvalue weighted by atomic mass is 16.5. The molecular formula is C27H24N2O3. The van der Waals surface area contributed by atoms with Gasteiger partial charge >= 0.3 is 0 Å². The molecule has 0 spiro atoms. The number of ether oxygens (including phenoxy) is 2. The summed E-state index contributed by atoms with van der Waals surface area (Å²) in [5, 5.41) is 6.24. The number of amides is 1. The van der Waals surface area contributed by atoms with Crippen LogP contribution in [0.4, 0.5) is 0 Å². The van der Waals surface area contributed by atoms with Crippen molar-refractivity contribution in [2.75, 3.05) is 0 Å². The van der Waals surface area contributed by atoms with Gasteiger partial charge in [-0.1, -0.05) is 72.8 Å². The average Bonchev–Trinajstić information content (AvgIpc) is 2.83. The maximum atomic E-state index is 12.4. The van der Waals surface area contributed by atoms with Crippen LogP contribution in [0.2, 0.25) is 0 Å². The van der Waals surface area contributed by atoms with E-state index in [4.69, 9.17) is 9.47 Å². The fourth-order valence-corrected chi connectivity index (χ4v) is 3.19. The molecule has 0 aliphatic carbocycles. The second-order valence-electron chi connectivity index (χ2n) is 7.35. The molecule has 1 amide bonds. The van der Waals surface area contributed by atoms with Gasteiger partial charge < -0.3 is 9.47 Å². The molecule has 4 aromatic carbocycles. The van der Waals surface area contributed by atoms with Crippen LogP contribution in [0, 0.1) is 0 Å². The molecule has 0 heterocycles. The molecule has 5 heteroatoms. The van der Waals surface area contributed by atoms with Crippen LogP contribution in [-0.4, -0.2) is 18.2 Å². The number of carbonyl (C=O) groups excluding carboxylic acids is 1. The number of nitrogens with zero attached hydrogens (tertiary/aromatic N) is 1. The first-order valence-electron chi connectivity index (χ1n) is 10.4. The first-order chi connectivity index (χ1) is 15.7. The Kier molecular flexibility index (Phi) is 6.78. The van der Waals surface area contributed by atoms with Gasteiger partial charge in [0.15, 0.2) is 6.10 Å². The zero-order chi connectivity index (χ0) is 22.2. The molecule has 1 N–H and O–H groups in total. The van der Waals surface area contributed by atoms with Crippen molar-refractivity contribution in [1.82, 2.24) is 5.43 Å². The van der Waals surface area contributed by atoms with Gasteiger partial charge in [0.25, 0.3) is 5.91 Å². The first kappa shape index (κ1) is 21.1. The van der Waals surface area contributed by atoms with Gasteiger partial charge in [0.1, 0.15) is 18.1 Å². The van der Waals surface area contributed by atoms with Crippen molar-refractivity contribution in [1.29, 1.82) is 0 Å². The zero-order valence-corrected chi connectivity index (χ0v) is 17.8. The van der Waals surface area contributed by atoms with E-state index in [1.807, 2.05) is 97.1 Å². The molecule has 0 aliphatic rings. The topological polar surface area (TPSA) is 59.9 Å². The number of carbonyl (C=O) groups is 1. The third kappa shape index (κ3) is 5.73. The molecule has 0 fully saturated rings. The minimum absolute atomic E-state index is 0.328. The molecule has 0 aliphatic heterocycles. The summed E-state index contributed by atoms with van der Waals surface area (Å²) in [6.07, 6.45) is 0.893. The maximum Gasteiger partial charge on any atom is 0.280 e. The van der Waals surface area contributed by atoms with E-state index in [1.165, 1.54) is 0 Å². The summed E-state index contributed by atoms with van der Waals surface area (Å²) in [6, 6.07) is 31.2. The summed E-state index contributed by atoms with van der Waals surface area (Å²) in [6.45, 7) is 2.18. The van der Waals surface area contributed by atoms with Crippen LogP contribution in [0.15, 0.2) is 102 Å². The molecule has 32 heavy (non-hydrogen) atoms. The number of benzene rings is 4. The monoisotopic (exact) mass is 424 g/mol. The van der Waals surface area contributed by atoms with Crippen LogP contribution in [-0.2, 0) is 11.4 Å². The minimum atomic E-state index is -0.686. The van der Waals surface area contributed by atoms with Crippen LogP contribution in [0.1, 0.15) is 18.1 Å². The smallest absolute Gasteiger partial charge is 0.280 e. The Balaban J connectivity index is 1.30. The molecule has 0 radical (unpaired) electrons. The van der Waals surface area contributed by atoms with Gasteiger partial charge in [-0.25, -0.2) is 5.43 Å².